The summed E-state index contributed by atoms with van der Waals surface area (Å²) in [5, 5.41) is 5.01. The van der Waals surface area contributed by atoms with Crippen molar-refractivity contribution in [3.8, 4) is 11.3 Å². The molecule has 0 aliphatic heterocycles. The molecular formula is C10H9ClN2. The first kappa shape index (κ1) is 8.32. The molecule has 0 radical (unpaired) electrons. The molecule has 2 aromatic rings. The van der Waals surface area contributed by atoms with Crippen LogP contribution in [-0.2, 0) is 7.05 Å². The molecule has 2 rings (SSSR count). The van der Waals surface area contributed by atoms with Gasteiger partial charge in [0.05, 0.1) is 10.7 Å². The van der Waals surface area contributed by atoms with Crippen molar-refractivity contribution in [3.63, 3.8) is 0 Å². The van der Waals surface area contributed by atoms with Gasteiger partial charge in [-0.25, -0.2) is 0 Å². The van der Waals surface area contributed by atoms with Crippen LogP contribution in [0.4, 0.5) is 0 Å². The first-order valence-electron chi connectivity index (χ1n) is 4.02. The topological polar surface area (TPSA) is 17.8 Å². The fourth-order valence-electron chi connectivity index (χ4n) is 1.23. The van der Waals surface area contributed by atoms with Gasteiger partial charge in [-0.15, -0.1) is 0 Å². The molecular weight excluding hydrogens is 184 g/mol. The van der Waals surface area contributed by atoms with E-state index >= 15 is 0 Å². The lowest BCUT2D eigenvalue weighted by atomic mass is 10.2. The molecule has 0 saturated carbocycles. The third-order valence-electron chi connectivity index (χ3n) is 1.86. The molecule has 0 saturated heterocycles. The van der Waals surface area contributed by atoms with Crippen LogP contribution in [0.1, 0.15) is 0 Å². The summed E-state index contributed by atoms with van der Waals surface area (Å²) in [6, 6.07) is 9.64. The Morgan fingerprint density at radius 2 is 2.00 bits per heavy atom. The minimum absolute atomic E-state index is 0.737. The zero-order valence-corrected chi connectivity index (χ0v) is 7.99. The largest absolute Gasteiger partial charge is 0.275 e. The summed E-state index contributed by atoms with van der Waals surface area (Å²) in [5.41, 5.74) is 1.89. The Morgan fingerprint density at radius 1 is 1.23 bits per heavy atom. The van der Waals surface area contributed by atoms with Crippen LogP contribution in [0.5, 0.6) is 0 Å². The standard InChI is InChI=1S/C10H9ClN2/c1-13-7-6-10(12-13)8-4-2-3-5-9(8)11/h2-7H,1H3. The van der Waals surface area contributed by atoms with Crippen LogP contribution in [0.15, 0.2) is 36.5 Å². The highest BCUT2D eigenvalue weighted by molar-refractivity contribution is 6.33. The Labute approximate surface area is 81.8 Å². The van der Waals surface area contributed by atoms with Gasteiger partial charge in [-0.1, -0.05) is 29.8 Å². The first-order chi connectivity index (χ1) is 6.27. The summed E-state index contributed by atoms with van der Waals surface area (Å²) >= 11 is 6.02. The molecule has 1 heterocycles. The molecule has 2 nitrogen and oxygen atoms in total. The molecule has 66 valence electrons. The van der Waals surface area contributed by atoms with E-state index in [0.29, 0.717) is 0 Å². The van der Waals surface area contributed by atoms with Gasteiger partial charge >= 0.3 is 0 Å². The van der Waals surface area contributed by atoms with Crippen molar-refractivity contribution in [1.82, 2.24) is 9.78 Å². The lowest BCUT2D eigenvalue weighted by Crippen LogP contribution is -1.87. The van der Waals surface area contributed by atoms with E-state index in [1.54, 1.807) is 4.68 Å². The predicted molar refractivity (Wildman–Crippen MR) is 53.7 cm³/mol. The van der Waals surface area contributed by atoms with Crippen molar-refractivity contribution in [2.75, 3.05) is 0 Å². The van der Waals surface area contributed by atoms with Gasteiger partial charge in [0, 0.05) is 18.8 Å². The molecule has 1 aromatic carbocycles. The van der Waals surface area contributed by atoms with Crippen LogP contribution < -0.4 is 0 Å². The SMILES string of the molecule is Cn1ccc(-c2ccccc2Cl)n1. The second kappa shape index (κ2) is 3.23. The monoisotopic (exact) mass is 192 g/mol. The smallest absolute Gasteiger partial charge is 0.0937 e. The summed E-state index contributed by atoms with van der Waals surface area (Å²) in [4.78, 5) is 0. The third kappa shape index (κ3) is 1.58. The molecule has 0 bridgehead atoms. The Hall–Kier alpha value is -1.28. The molecule has 0 aliphatic rings. The van der Waals surface area contributed by atoms with Crippen molar-refractivity contribution in [2.45, 2.75) is 0 Å². The van der Waals surface area contributed by atoms with E-state index in [-0.39, 0.29) is 0 Å². The summed E-state index contributed by atoms with van der Waals surface area (Å²) in [5.74, 6) is 0. The molecule has 0 fully saturated rings. The van der Waals surface area contributed by atoms with E-state index < -0.39 is 0 Å². The van der Waals surface area contributed by atoms with Crippen LogP contribution in [0.3, 0.4) is 0 Å². The number of hydrogen-bond acceptors (Lipinski definition) is 1. The Morgan fingerprint density at radius 3 is 2.62 bits per heavy atom. The van der Waals surface area contributed by atoms with Gasteiger partial charge in [-0.05, 0) is 12.1 Å². The number of hydrogen-bond donors (Lipinski definition) is 0. The fourth-order valence-corrected chi connectivity index (χ4v) is 1.46. The van der Waals surface area contributed by atoms with Crippen molar-refractivity contribution >= 4 is 11.6 Å². The number of aromatic nitrogens is 2. The highest BCUT2D eigenvalue weighted by Gasteiger charge is 2.03. The number of nitrogens with zero attached hydrogens (tertiary/aromatic N) is 2. The average Bonchev–Trinajstić information content (AvgIpc) is 2.53. The van der Waals surface area contributed by atoms with E-state index in [2.05, 4.69) is 5.10 Å². The predicted octanol–water partition coefficient (Wildman–Crippen LogP) is 2.74. The van der Waals surface area contributed by atoms with Gasteiger partial charge in [-0.2, -0.15) is 5.10 Å². The molecule has 13 heavy (non-hydrogen) atoms. The summed E-state index contributed by atoms with van der Waals surface area (Å²) in [6.45, 7) is 0. The van der Waals surface area contributed by atoms with Crippen LogP contribution in [0.2, 0.25) is 5.02 Å². The van der Waals surface area contributed by atoms with E-state index in [1.807, 2.05) is 43.6 Å². The second-order valence-electron chi connectivity index (χ2n) is 2.85. The van der Waals surface area contributed by atoms with Crippen LogP contribution in [-0.4, -0.2) is 9.78 Å². The van der Waals surface area contributed by atoms with Crippen molar-refractivity contribution in [1.29, 1.82) is 0 Å². The van der Waals surface area contributed by atoms with Gasteiger partial charge in [0.15, 0.2) is 0 Å². The lowest BCUT2D eigenvalue weighted by molar-refractivity contribution is 0.771. The van der Waals surface area contributed by atoms with E-state index in [4.69, 9.17) is 11.6 Å². The Balaban J connectivity index is 2.52. The van der Waals surface area contributed by atoms with Crippen LogP contribution in [0, 0.1) is 0 Å². The van der Waals surface area contributed by atoms with Crippen molar-refractivity contribution in [2.24, 2.45) is 7.05 Å². The highest BCUT2D eigenvalue weighted by atomic mass is 35.5. The molecule has 0 N–H and O–H groups in total. The summed E-state index contributed by atoms with van der Waals surface area (Å²) < 4.78 is 1.76. The van der Waals surface area contributed by atoms with Gasteiger partial charge in [-0.3, -0.25) is 4.68 Å². The normalized spacial score (nSPS) is 10.3. The average molecular weight is 193 g/mol. The number of aryl methyl sites for hydroxylation is 1. The van der Waals surface area contributed by atoms with Crippen LogP contribution in [0.25, 0.3) is 11.3 Å². The second-order valence-corrected chi connectivity index (χ2v) is 3.26. The van der Waals surface area contributed by atoms with Crippen LogP contribution >= 0.6 is 11.6 Å². The summed E-state index contributed by atoms with van der Waals surface area (Å²) in [7, 11) is 1.89. The van der Waals surface area contributed by atoms with E-state index in [1.165, 1.54) is 0 Å². The van der Waals surface area contributed by atoms with E-state index in [0.717, 1.165) is 16.3 Å². The number of benzene rings is 1. The minimum Gasteiger partial charge on any atom is -0.275 e. The van der Waals surface area contributed by atoms with Crippen molar-refractivity contribution < 1.29 is 0 Å². The molecule has 0 amide bonds. The zero-order valence-electron chi connectivity index (χ0n) is 7.24. The molecule has 3 heteroatoms. The Kier molecular flexibility index (Phi) is 2.07. The van der Waals surface area contributed by atoms with Crippen molar-refractivity contribution in [3.05, 3.63) is 41.6 Å². The lowest BCUT2D eigenvalue weighted by Gasteiger charge is -1.98. The molecule has 0 unspecified atom stereocenters. The maximum absolute atomic E-state index is 6.02. The Bertz CT molecular complexity index is 420. The molecule has 1 aromatic heterocycles. The maximum atomic E-state index is 6.02. The fraction of sp³-hybridized carbons (Fsp3) is 0.100. The molecule has 0 atom stereocenters. The number of halogens is 1. The quantitative estimate of drug-likeness (QED) is 0.680. The van der Waals surface area contributed by atoms with Gasteiger partial charge < -0.3 is 0 Å². The highest BCUT2D eigenvalue weighted by Crippen LogP contribution is 2.25. The number of rotatable bonds is 1. The molecule has 0 aliphatic carbocycles. The van der Waals surface area contributed by atoms with Gasteiger partial charge in [0.1, 0.15) is 0 Å². The third-order valence-corrected chi connectivity index (χ3v) is 2.19. The van der Waals surface area contributed by atoms with E-state index in [9.17, 15) is 0 Å². The minimum atomic E-state index is 0.737. The first-order valence-corrected chi connectivity index (χ1v) is 4.40. The maximum Gasteiger partial charge on any atom is 0.0937 e. The zero-order chi connectivity index (χ0) is 9.26. The summed E-state index contributed by atoms with van der Waals surface area (Å²) in [6.07, 6.45) is 1.90. The van der Waals surface area contributed by atoms with Gasteiger partial charge in [0.2, 0.25) is 0 Å². The van der Waals surface area contributed by atoms with Gasteiger partial charge in [0.25, 0.3) is 0 Å². The molecule has 0 spiro atoms.